The Morgan fingerprint density at radius 2 is 1.10 bits per heavy atom. The van der Waals surface area contributed by atoms with Gasteiger partial charge in [-0.15, -0.1) is 0 Å². The van der Waals surface area contributed by atoms with Gasteiger partial charge in [0, 0.05) is 27.2 Å². The molecule has 0 spiro atoms. The number of benzene rings is 2. The molecule has 8 heterocycles. The van der Waals surface area contributed by atoms with Gasteiger partial charge in [0.1, 0.15) is 33.4 Å². The molecule has 2 aliphatic heterocycles. The quantitative estimate of drug-likeness (QED) is 0.148. The van der Waals surface area contributed by atoms with E-state index in [0.717, 1.165) is 53.8 Å². The summed E-state index contributed by atoms with van der Waals surface area (Å²) in [5.74, 6) is -0.390. The van der Waals surface area contributed by atoms with Crippen molar-refractivity contribution in [3.05, 3.63) is 110 Å². The van der Waals surface area contributed by atoms with Gasteiger partial charge in [-0.25, -0.2) is 19.6 Å². The number of anilines is 1. The Bertz CT molecular complexity index is 3040. The first-order valence-electron chi connectivity index (χ1n) is 20.0. The number of hydrogen-bond acceptors (Lipinski definition) is 10. The first-order valence-corrected chi connectivity index (χ1v) is 20.3. The highest BCUT2D eigenvalue weighted by molar-refractivity contribution is 6.29. The van der Waals surface area contributed by atoms with Crippen LogP contribution in [0.5, 0.6) is 0 Å². The predicted octanol–water partition coefficient (Wildman–Crippen LogP) is 6.66. The maximum absolute atomic E-state index is 13.3. The number of rotatable bonds is 5. The Kier molecular flexibility index (Phi) is 11.1. The van der Waals surface area contributed by atoms with E-state index in [1.165, 1.54) is 32.0 Å². The molecule has 304 valence electrons. The average molecular weight is 817 g/mol. The number of pyridine rings is 4. The van der Waals surface area contributed by atoms with Crippen molar-refractivity contribution in [3.63, 3.8) is 0 Å². The number of aromatic nitrogens is 6. The molecule has 8 aromatic rings. The predicted molar refractivity (Wildman–Crippen MR) is 231 cm³/mol. The number of carbonyl (C=O) groups excluding carboxylic acids is 2. The standard InChI is InChI=1S/C22H22N4O3.C18H14ClN3O3.C4H9N/c1-3-29-22(28)18-19(27)14-10-11-17(25-12-6-7-13-25)23-20(14)26-16-9-5-4-8-15(16)24(2)21(18)26;1-3-25-18(24)14-15(23)10-8-9-13(19)20-16(10)22-12-7-5-4-6-11(12)21(2)17(14)22;1-2-4-5-3-1/h4-5,8-11H,3,6-7,12-13H2,1-2H3;4-9H,3H2,1-2H3;5H,1-4H2. The molecule has 59 heavy (non-hydrogen) atoms. The fraction of sp³-hybridized carbons (Fsp3) is 0.318. The minimum atomic E-state index is -0.646. The van der Waals surface area contributed by atoms with Crippen molar-refractivity contribution in [3.8, 4) is 0 Å². The van der Waals surface area contributed by atoms with E-state index in [2.05, 4.69) is 15.2 Å². The van der Waals surface area contributed by atoms with Crippen LogP contribution in [-0.4, -0.2) is 79.2 Å². The molecule has 14 nitrogen and oxygen atoms in total. The molecule has 1 N–H and O–H groups in total. The molecule has 15 heteroatoms. The molecule has 2 aromatic carbocycles. The van der Waals surface area contributed by atoms with Crippen molar-refractivity contribution in [1.82, 2.24) is 33.2 Å². The number of para-hydroxylation sites is 4. The summed E-state index contributed by atoms with van der Waals surface area (Å²) in [6, 6.07) is 22.2. The Morgan fingerprint density at radius 3 is 1.56 bits per heavy atom. The van der Waals surface area contributed by atoms with E-state index in [-0.39, 0.29) is 34.9 Å². The van der Waals surface area contributed by atoms with Gasteiger partial charge in [0.15, 0.2) is 11.3 Å². The van der Waals surface area contributed by atoms with Crippen LogP contribution in [0.15, 0.2) is 82.4 Å². The number of imidazole rings is 2. The number of hydrogen-bond donors (Lipinski definition) is 1. The molecule has 2 fully saturated rings. The second-order valence-corrected chi connectivity index (χ2v) is 14.8. The second-order valence-electron chi connectivity index (χ2n) is 14.5. The van der Waals surface area contributed by atoms with Gasteiger partial charge in [-0.3, -0.25) is 18.4 Å². The maximum Gasteiger partial charge on any atom is 0.345 e. The van der Waals surface area contributed by atoms with Crippen LogP contribution in [0.1, 0.15) is 60.2 Å². The van der Waals surface area contributed by atoms with Crippen LogP contribution in [0.2, 0.25) is 5.15 Å². The highest BCUT2D eigenvalue weighted by Crippen LogP contribution is 2.29. The van der Waals surface area contributed by atoms with Crippen molar-refractivity contribution < 1.29 is 19.1 Å². The van der Waals surface area contributed by atoms with Gasteiger partial charge in [-0.1, -0.05) is 35.9 Å². The van der Waals surface area contributed by atoms with Crippen molar-refractivity contribution >= 4 is 84.8 Å². The highest BCUT2D eigenvalue weighted by atomic mass is 35.5. The molecule has 0 saturated carbocycles. The fourth-order valence-corrected chi connectivity index (χ4v) is 8.31. The third kappa shape index (κ3) is 6.95. The Morgan fingerprint density at radius 1 is 0.644 bits per heavy atom. The fourth-order valence-electron chi connectivity index (χ4n) is 8.17. The van der Waals surface area contributed by atoms with Crippen molar-refractivity contribution in [2.24, 2.45) is 14.1 Å². The monoisotopic (exact) mass is 816 g/mol. The molecule has 6 aromatic heterocycles. The van der Waals surface area contributed by atoms with Gasteiger partial charge in [-0.05, 0) is 101 Å². The lowest BCUT2D eigenvalue weighted by molar-refractivity contribution is 0.0517. The van der Waals surface area contributed by atoms with E-state index < -0.39 is 17.4 Å². The smallest absolute Gasteiger partial charge is 0.345 e. The molecule has 0 aliphatic carbocycles. The molecule has 0 radical (unpaired) electrons. The number of halogens is 1. The van der Waals surface area contributed by atoms with Gasteiger partial charge in [0.25, 0.3) is 0 Å². The van der Waals surface area contributed by atoms with Crippen molar-refractivity contribution in [2.45, 2.75) is 39.5 Å². The lowest BCUT2D eigenvalue weighted by Crippen LogP contribution is -2.23. The zero-order valence-corrected chi connectivity index (χ0v) is 34.2. The summed E-state index contributed by atoms with van der Waals surface area (Å²) < 4.78 is 17.7. The molecule has 0 amide bonds. The minimum absolute atomic E-state index is 0.00262. The van der Waals surface area contributed by atoms with Crippen LogP contribution >= 0.6 is 11.6 Å². The van der Waals surface area contributed by atoms with Gasteiger partial charge in [-0.2, -0.15) is 0 Å². The molecule has 0 atom stereocenters. The van der Waals surface area contributed by atoms with Crippen LogP contribution in [0.3, 0.4) is 0 Å². The Hall–Kier alpha value is -6.25. The molecule has 0 bridgehead atoms. The first-order chi connectivity index (χ1) is 28.7. The van der Waals surface area contributed by atoms with Crippen LogP contribution in [0.4, 0.5) is 5.82 Å². The Balaban J connectivity index is 0.000000148. The van der Waals surface area contributed by atoms with Crippen LogP contribution in [0.25, 0.3) is 55.4 Å². The molecular formula is C44H45ClN8O6. The lowest BCUT2D eigenvalue weighted by Gasteiger charge is -2.17. The summed E-state index contributed by atoms with van der Waals surface area (Å²) in [4.78, 5) is 63.1. The van der Waals surface area contributed by atoms with E-state index >= 15 is 0 Å². The largest absolute Gasteiger partial charge is 0.462 e. The average Bonchev–Trinajstić information content (AvgIpc) is 4.09. The minimum Gasteiger partial charge on any atom is -0.462 e. The van der Waals surface area contributed by atoms with Crippen LogP contribution in [0, 0.1) is 0 Å². The number of nitrogens with one attached hydrogen (secondary N) is 1. The maximum atomic E-state index is 13.3. The van der Waals surface area contributed by atoms with E-state index in [0.29, 0.717) is 33.4 Å². The number of ether oxygens (including phenoxy) is 2. The topological polar surface area (TPSA) is 146 Å². The number of aryl methyl sites for hydroxylation is 2. The SMILES string of the molecule is C1CCNC1.CCOC(=O)c1c(=O)c2ccc(Cl)nc2n2c3ccccc3n(C)c12.CCOC(=O)c1c(=O)c2ccc(N3CCCC3)nc2n2c3ccccc3n(C)c12. The van der Waals surface area contributed by atoms with Gasteiger partial charge >= 0.3 is 11.9 Å². The zero-order chi connectivity index (χ0) is 41.4. The third-order valence-corrected chi connectivity index (χ3v) is 11.1. The van der Waals surface area contributed by atoms with E-state index in [1.807, 2.05) is 70.6 Å². The summed E-state index contributed by atoms with van der Waals surface area (Å²) in [7, 11) is 3.66. The number of fused-ring (bicyclic) bond motifs is 10. The molecule has 0 unspecified atom stereocenters. The van der Waals surface area contributed by atoms with E-state index in [1.54, 1.807) is 42.0 Å². The van der Waals surface area contributed by atoms with Crippen LogP contribution in [-0.2, 0) is 23.6 Å². The summed E-state index contributed by atoms with van der Waals surface area (Å²) in [6.07, 6.45) is 5.07. The molecule has 10 rings (SSSR count). The van der Waals surface area contributed by atoms with Gasteiger partial charge < -0.3 is 28.8 Å². The molecule has 2 saturated heterocycles. The van der Waals surface area contributed by atoms with Crippen LogP contribution < -0.4 is 21.1 Å². The lowest BCUT2D eigenvalue weighted by atomic mass is 10.1. The van der Waals surface area contributed by atoms with Gasteiger partial charge in [0.2, 0.25) is 10.9 Å². The number of esters is 2. The number of carbonyl (C=O) groups is 2. The summed E-state index contributed by atoms with van der Waals surface area (Å²) >= 11 is 6.06. The van der Waals surface area contributed by atoms with Crippen molar-refractivity contribution in [2.75, 3.05) is 44.3 Å². The molecular weight excluding hydrogens is 772 g/mol. The first kappa shape index (κ1) is 39.6. The second kappa shape index (κ2) is 16.5. The highest BCUT2D eigenvalue weighted by Gasteiger charge is 2.27. The zero-order valence-electron chi connectivity index (χ0n) is 33.5. The summed E-state index contributed by atoms with van der Waals surface area (Å²) in [5.41, 5.74) is 4.72. The summed E-state index contributed by atoms with van der Waals surface area (Å²) in [5, 5.41) is 4.24. The summed E-state index contributed by atoms with van der Waals surface area (Å²) in [6.45, 7) is 8.26. The number of nitrogens with zero attached hydrogens (tertiary/aromatic N) is 7. The Labute approximate surface area is 343 Å². The molecule has 2 aliphatic rings. The van der Waals surface area contributed by atoms with E-state index in [9.17, 15) is 19.2 Å². The normalized spacial score (nSPS) is 13.9. The van der Waals surface area contributed by atoms with Crippen molar-refractivity contribution in [1.29, 1.82) is 0 Å². The third-order valence-electron chi connectivity index (χ3n) is 10.9. The van der Waals surface area contributed by atoms with Gasteiger partial charge in [0.05, 0.1) is 46.1 Å². The van der Waals surface area contributed by atoms with E-state index in [4.69, 9.17) is 26.1 Å².